The van der Waals surface area contributed by atoms with E-state index in [4.69, 9.17) is 16.0 Å². The first-order valence-electron chi connectivity index (χ1n) is 0.783. The van der Waals surface area contributed by atoms with E-state index in [1.807, 2.05) is 0 Å². The molecular weight excluding hydrogens is 166 g/mol. The number of rotatable bonds is 0. The molecule has 0 aromatic rings. The number of hydrogen-bond donors (Lipinski definition) is 3. The molecule has 0 bridgehead atoms. The Kier molecular flexibility index (Phi) is 4.73. The van der Waals surface area contributed by atoms with Crippen molar-refractivity contribution in [3.05, 3.63) is 0 Å². The molecule has 6 heavy (non-hydrogen) atoms. The van der Waals surface area contributed by atoms with Crippen LogP contribution in [0.4, 0.5) is 0 Å². The average Bonchev–Trinajstić information content (AvgIpc) is 0.722. The van der Waals surface area contributed by atoms with Crippen molar-refractivity contribution in [3.8, 4) is 0 Å². The molecule has 38 valence electrons. The molecule has 0 saturated carbocycles. The SMILES string of the molecule is O=[As](O)(O)O.[AlH3]. The molecule has 0 aliphatic heterocycles. The predicted octanol–water partition coefficient (Wildman–Crippen LogP) is -3.35. The van der Waals surface area contributed by atoms with E-state index in [-0.39, 0.29) is 17.4 Å². The quantitative estimate of drug-likeness (QED) is 0.333. The average molecular weight is 172 g/mol. The van der Waals surface area contributed by atoms with E-state index in [1.165, 1.54) is 0 Å². The van der Waals surface area contributed by atoms with Gasteiger partial charge in [0.05, 0.1) is 0 Å². The van der Waals surface area contributed by atoms with E-state index >= 15 is 0 Å². The Bertz CT molecular complexity index is 53.7. The summed E-state index contributed by atoms with van der Waals surface area (Å²) in [5, 5.41) is 0. The van der Waals surface area contributed by atoms with E-state index in [2.05, 4.69) is 0 Å². The molecule has 0 amide bonds. The summed E-state index contributed by atoms with van der Waals surface area (Å²) in [4.78, 5) is 0. The van der Waals surface area contributed by atoms with Gasteiger partial charge in [-0.3, -0.25) is 0 Å². The molecule has 0 atom stereocenters. The fraction of sp³-hybridized carbons (Fsp3) is 0. The van der Waals surface area contributed by atoms with Crippen LogP contribution in [0.25, 0.3) is 0 Å². The van der Waals surface area contributed by atoms with Gasteiger partial charge in [0.1, 0.15) is 0 Å². The van der Waals surface area contributed by atoms with Gasteiger partial charge in [-0.15, -0.1) is 0 Å². The van der Waals surface area contributed by atoms with Gasteiger partial charge in [-0.05, 0) is 0 Å². The molecule has 0 fully saturated rings. The van der Waals surface area contributed by atoms with Crippen molar-refractivity contribution in [3.63, 3.8) is 0 Å². The first-order valence-corrected chi connectivity index (χ1v) is 4.07. The minimum atomic E-state index is -5.12. The molecule has 3 N–H and O–H groups in total. The second kappa shape index (κ2) is 2.87. The van der Waals surface area contributed by atoms with Crippen molar-refractivity contribution >= 4 is 31.9 Å². The Morgan fingerprint density at radius 2 is 1.17 bits per heavy atom. The van der Waals surface area contributed by atoms with E-state index in [9.17, 15) is 0 Å². The van der Waals surface area contributed by atoms with Crippen LogP contribution in [0.3, 0.4) is 0 Å². The van der Waals surface area contributed by atoms with Crippen molar-refractivity contribution in [1.29, 1.82) is 0 Å². The Balaban J connectivity index is 0. The van der Waals surface area contributed by atoms with Crippen LogP contribution in [0.1, 0.15) is 0 Å². The van der Waals surface area contributed by atoms with Crippen molar-refractivity contribution in [2.45, 2.75) is 0 Å². The third kappa shape index (κ3) is 114. The van der Waals surface area contributed by atoms with Gasteiger partial charge < -0.3 is 0 Å². The summed E-state index contributed by atoms with van der Waals surface area (Å²) in [5.41, 5.74) is 0. The zero-order chi connectivity index (χ0) is 4.50. The fourth-order valence-corrected chi connectivity index (χ4v) is 0. The predicted molar refractivity (Wildman–Crippen MR) is 23.0 cm³/mol. The molecular formula is H6AlAsO4. The Hall–Kier alpha value is 0.771. The van der Waals surface area contributed by atoms with Crippen LogP contribution in [-0.2, 0) is 3.74 Å². The molecule has 0 rings (SSSR count). The summed E-state index contributed by atoms with van der Waals surface area (Å²) >= 11 is -5.12. The standard InChI is InChI=1S/Al.AsH3O4.3H/c;2-1(3,4)5;;;/h;(H3,2,3,4,5);;;. The van der Waals surface area contributed by atoms with Crippen molar-refractivity contribution in [2.75, 3.05) is 0 Å². The van der Waals surface area contributed by atoms with E-state index in [0.717, 1.165) is 0 Å². The summed E-state index contributed by atoms with van der Waals surface area (Å²) in [6, 6.07) is 0. The maximum absolute atomic E-state index is 8.94. The molecule has 0 saturated heterocycles. The molecule has 6 heteroatoms. The van der Waals surface area contributed by atoms with Crippen LogP contribution in [0, 0.1) is 0 Å². The molecule has 0 aromatic carbocycles. The van der Waals surface area contributed by atoms with Gasteiger partial charge in [-0.2, -0.15) is 0 Å². The van der Waals surface area contributed by atoms with E-state index < -0.39 is 14.5 Å². The maximum atomic E-state index is 8.94. The molecule has 0 aliphatic rings. The molecule has 4 nitrogen and oxygen atoms in total. The van der Waals surface area contributed by atoms with Gasteiger partial charge in [0.25, 0.3) is 0 Å². The second-order valence-electron chi connectivity index (χ2n) is 0.513. The third-order valence-corrected chi connectivity index (χ3v) is 0. The first-order chi connectivity index (χ1) is 2.00. The summed E-state index contributed by atoms with van der Waals surface area (Å²) < 4.78 is 30.7. The van der Waals surface area contributed by atoms with Gasteiger partial charge >= 0.3 is 30.5 Å². The van der Waals surface area contributed by atoms with Gasteiger partial charge in [-0.1, -0.05) is 0 Å². The van der Waals surface area contributed by atoms with Gasteiger partial charge in [0, 0.05) is 0 Å². The third-order valence-electron chi connectivity index (χ3n) is 0. The van der Waals surface area contributed by atoms with Crippen LogP contribution in [0.15, 0.2) is 0 Å². The van der Waals surface area contributed by atoms with Crippen LogP contribution in [-0.4, -0.2) is 44.2 Å². The minimum absolute atomic E-state index is 0. The normalized spacial score (nSPS) is 9.83. The maximum Gasteiger partial charge on any atom is 0.187 e. The molecule has 0 heterocycles. The summed E-state index contributed by atoms with van der Waals surface area (Å²) in [6.45, 7) is 0. The van der Waals surface area contributed by atoms with Crippen molar-refractivity contribution in [1.82, 2.24) is 0 Å². The van der Waals surface area contributed by atoms with Crippen molar-refractivity contribution < 1.29 is 16.0 Å². The zero-order valence-electron chi connectivity index (χ0n) is 2.20. The monoisotopic (exact) mass is 172 g/mol. The summed E-state index contributed by atoms with van der Waals surface area (Å²) in [6.07, 6.45) is 0. The van der Waals surface area contributed by atoms with Crippen LogP contribution in [0.2, 0.25) is 0 Å². The summed E-state index contributed by atoms with van der Waals surface area (Å²) in [5.74, 6) is 0. The van der Waals surface area contributed by atoms with Crippen LogP contribution < -0.4 is 0 Å². The van der Waals surface area contributed by atoms with E-state index in [1.54, 1.807) is 0 Å². The fourth-order valence-electron chi connectivity index (χ4n) is 0. The Morgan fingerprint density at radius 1 is 1.17 bits per heavy atom. The Morgan fingerprint density at radius 3 is 1.17 bits per heavy atom. The topological polar surface area (TPSA) is 77.8 Å². The first kappa shape index (κ1) is 9.91. The smallest absolute Gasteiger partial charge is 0.187 e. The summed E-state index contributed by atoms with van der Waals surface area (Å²) in [7, 11) is 0. The van der Waals surface area contributed by atoms with Gasteiger partial charge in [0.15, 0.2) is 17.4 Å². The largest absolute Gasteiger partial charge is 0.187 e. The van der Waals surface area contributed by atoms with Crippen molar-refractivity contribution in [2.24, 2.45) is 0 Å². The zero-order valence-corrected chi connectivity index (χ0v) is 4.07. The van der Waals surface area contributed by atoms with Gasteiger partial charge in [0.2, 0.25) is 0 Å². The minimum Gasteiger partial charge on any atom is 0.187 e. The molecule has 0 spiro atoms. The molecule has 0 radical (unpaired) electrons. The Labute approximate surface area is 48.3 Å². The number of hydrogen-bond acceptors (Lipinski definition) is 1. The molecule has 0 unspecified atom stereocenters. The van der Waals surface area contributed by atoms with E-state index in [0.29, 0.717) is 0 Å². The second-order valence-corrected chi connectivity index (χ2v) is 2.67. The molecule has 0 aliphatic carbocycles. The van der Waals surface area contributed by atoms with Crippen LogP contribution in [0.5, 0.6) is 0 Å². The molecule has 0 aromatic heterocycles. The van der Waals surface area contributed by atoms with Crippen LogP contribution >= 0.6 is 0 Å². The van der Waals surface area contributed by atoms with Gasteiger partial charge in [-0.25, -0.2) is 0 Å².